The fourth-order valence-corrected chi connectivity index (χ4v) is 3.90. The molecule has 0 spiro atoms. The van der Waals surface area contributed by atoms with Crippen molar-refractivity contribution in [3.8, 4) is 22.5 Å². The number of rotatable bonds is 7. The molecule has 1 heterocycles. The van der Waals surface area contributed by atoms with Crippen molar-refractivity contribution >= 4 is 17.3 Å². The Balaban J connectivity index is 1.72. The lowest BCUT2D eigenvalue weighted by Crippen LogP contribution is -2.14. The Morgan fingerprint density at radius 2 is 1.09 bits per heavy atom. The average Bonchev–Trinajstić information content (AvgIpc) is 3.38. The summed E-state index contributed by atoms with van der Waals surface area (Å²) < 4.78 is 1.59. The molecule has 5 rings (SSSR count). The molecule has 0 radical (unpaired) electrons. The van der Waals surface area contributed by atoms with Crippen LogP contribution in [0, 0.1) is 0 Å². The number of ketones is 2. The fourth-order valence-electron chi connectivity index (χ4n) is 3.90. The molecule has 35 heavy (non-hydrogen) atoms. The van der Waals surface area contributed by atoms with Gasteiger partial charge in [0.1, 0.15) is 5.70 Å². The van der Waals surface area contributed by atoms with E-state index in [2.05, 4.69) is 0 Å². The normalized spacial score (nSPS) is 11.3. The Hall–Kier alpha value is -4.83. The smallest absolute Gasteiger partial charge is 0.211 e. The fraction of sp³-hybridized carbons (Fsp3) is 0. The maximum Gasteiger partial charge on any atom is 0.211 e. The highest BCUT2D eigenvalue weighted by Gasteiger charge is 2.22. The summed E-state index contributed by atoms with van der Waals surface area (Å²) >= 11 is 0. The largest absolute Gasteiger partial charge is 0.289 e. The van der Waals surface area contributed by atoms with Crippen molar-refractivity contribution < 1.29 is 9.59 Å². The number of allylic oxidation sites excluding steroid dienone is 2. The number of aromatic nitrogens is 2. The van der Waals surface area contributed by atoms with Crippen LogP contribution < -0.4 is 0 Å². The van der Waals surface area contributed by atoms with Crippen LogP contribution >= 0.6 is 0 Å². The third-order valence-corrected chi connectivity index (χ3v) is 5.67. The lowest BCUT2D eigenvalue weighted by molar-refractivity contribution is 0.102. The van der Waals surface area contributed by atoms with Crippen LogP contribution in [-0.4, -0.2) is 21.3 Å². The number of hydrogen-bond donors (Lipinski definition) is 0. The van der Waals surface area contributed by atoms with Gasteiger partial charge in [-0.2, -0.15) is 5.10 Å². The van der Waals surface area contributed by atoms with Crippen molar-refractivity contribution in [1.82, 2.24) is 9.78 Å². The van der Waals surface area contributed by atoms with Crippen LogP contribution in [0.3, 0.4) is 0 Å². The molecule has 0 aliphatic rings. The summed E-state index contributed by atoms with van der Waals surface area (Å²) in [5, 5.41) is 4.83. The quantitative estimate of drug-likeness (QED) is 0.200. The van der Waals surface area contributed by atoms with Crippen molar-refractivity contribution in [2.24, 2.45) is 0 Å². The molecular formula is C31H22N2O2. The predicted molar refractivity (Wildman–Crippen MR) is 139 cm³/mol. The second-order valence-corrected chi connectivity index (χ2v) is 8.01. The molecule has 0 saturated heterocycles. The molecule has 0 aliphatic carbocycles. The van der Waals surface area contributed by atoms with Crippen LogP contribution in [0.4, 0.5) is 0 Å². The molecule has 0 N–H and O–H groups in total. The summed E-state index contributed by atoms with van der Waals surface area (Å²) in [6, 6.07) is 39.3. The molecule has 4 heteroatoms. The highest BCUT2D eigenvalue weighted by molar-refractivity contribution is 6.29. The van der Waals surface area contributed by atoms with Crippen molar-refractivity contribution in [3.63, 3.8) is 0 Å². The van der Waals surface area contributed by atoms with E-state index < -0.39 is 0 Å². The van der Waals surface area contributed by atoms with E-state index >= 15 is 0 Å². The SMILES string of the molecule is O=C(/C=C(/C(=O)c1ccccc1)n1nc(-c2ccccc2)cc1-c1ccccc1)c1ccccc1. The number of hydrogen-bond acceptors (Lipinski definition) is 3. The zero-order valence-electron chi connectivity index (χ0n) is 18.9. The van der Waals surface area contributed by atoms with Gasteiger partial charge in [-0.1, -0.05) is 121 Å². The lowest BCUT2D eigenvalue weighted by Gasteiger charge is -2.12. The van der Waals surface area contributed by atoms with Crippen molar-refractivity contribution in [2.45, 2.75) is 0 Å². The zero-order chi connectivity index (χ0) is 24.0. The van der Waals surface area contributed by atoms with Gasteiger partial charge in [0.25, 0.3) is 0 Å². The topological polar surface area (TPSA) is 52.0 Å². The van der Waals surface area contributed by atoms with Crippen molar-refractivity contribution in [1.29, 1.82) is 0 Å². The maximum absolute atomic E-state index is 13.8. The predicted octanol–water partition coefficient (Wildman–Crippen LogP) is 6.82. The number of carbonyl (C=O) groups is 2. The summed E-state index contributed by atoms with van der Waals surface area (Å²) in [4.78, 5) is 27.0. The number of carbonyl (C=O) groups excluding carboxylic acids is 2. The summed E-state index contributed by atoms with van der Waals surface area (Å²) in [7, 11) is 0. The first-order valence-electron chi connectivity index (χ1n) is 11.3. The van der Waals surface area contributed by atoms with Crippen LogP contribution in [0.15, 0.2) is 133 Å². The van der Waals surface area contributed by atoms with Gasteiger partial charge in [0.2, 0.25) is 5.78 Å². The third-order valence-electron chi connectivity index (χ3n) is 5.67. The Labute approximate surface area is 203 Å². The zero-order valence-corrected chi connectivity index (χ0v) is 18.9. The molecule has 0 bridgehead atoms. The van der Waals surface area contributed by atoms with Crippen molar-refractivity contribution in [3.05, 3.63) is 145 Å². The summed E-state index contributed by atoms with van der Waals surface area (Å²) in [5.41, 5.74) is 4.42. The standard InChI is InChI=1S/C31H22N2O2/c34-30(25-17-9-3-10-18-25)22-29(31(35)26-19-11-4-12-20-26)33-28(24-15-7-2-8-16-24)21-27(32-33)23-13-5-1-6-14-23/h1-22H/b29-22-. The van der Waals surface area contributed by atoms with E-state index in [0.717, 1.165) is 16.8 Å². The Morgan fingerprint density at radius 1 is 0.600 bits per heavy atom. The molecule has 4 aromatic carbocycles. The summed E-state index contributed by atoms with van der Waals surface area (Å²) in [6.07, 6.45) is 1.39. The van der Waals surface area contributed by atoms with Crippen LogP contribution in [0.2, 0.25) is 0 Å². The minimum atomic E-state index is -0.283. The molecule has 1 aromatic heterocycles. The number of nitrogens with zero attached hydrogens (tertiary/aromatic N) is 2. The molecule has 0 aliphatic heterocycles. The minimum absolute atomic E-state index is 0.186. The van der Waals surface area contributed by atoms with Gasteiger partial charge >= 0.3 is 0 Å². The van der Waals surface area contributed by atoms with Gasteiger partial charge in [-0.3, -0.25) is 9.59 Å². The van der Waals surface area contributed by atoms with E-state index in [1.807, 2.05) is 78.9 Å². The first kappa shape index (κ1) is 22.0. The first-order valence-corrected chi connectivity index (χ1v) is 11.3. The van der Waals surface area contributed by atoms with Crippen molar-refractivity contribution in [2.75, 3.05) is 0 Å². The molecular weight excluding hydrogens is 432 g/mol. The summed E-state index contributed by atoms with van der Waals surface area (Å²) in [5.74, 6) is -0.546. The lowest BCUT2D eigenvalue weighted by atomic mass is 10.0. The van der Waals surface area contributed by atoms with Gasteiger partial charge in [0.15, 0.2) is 5.78 Å². The number of Topliss-reactive ketones (excluding diaryl/α,β-unsaturated/α-hetero) is 1. The molecule has 5 aromatic rings. The molecule has 0 saturated carbocycles. The van der Waals surface area contributed by atoms with E-state index in [1.165, 1.54) is 6.08 Å². The second kappa shape index (κ2) is 9.98. The van der Waals surface area contributed by atoms with Crippen LogP contribution in [0.25, 0.3) is 28.2 Å². The maximum atomic E-state index is 13.8. The van der Waals surface area contributed by atoms with Gasteiger partial charge in [0.05, 0.1) is 11.4 Å². The Bertz CT molecular complexity index is 1490. The minimum Gasteiger partial charge on any atom is -0.289 e. The van der Waals surface area contributed by atoms with Gasteiger partial charge in [-0.05, 0) is 6.07 Å². The molecule has 0 unspecified atom stereocenters. The van der Waals surface area contributed by atoms with Gasteiger partial charge < -0.3 is 0 Å². The second-order valence-electron chi connectivity index (χ2n) is 8.01. The van der Waals surface area contributed by atoms with Gasteiger partial charge in [0, 0.05) is 28.3 Å². The van der Waals surface area contributed by atoms with E-state index in [0.29, 0.717) is 16.8 Å². The van der Waals surface area contributed by atoms with E-state index in [-0.39, 0.29) is 17.3 Å². The number of benzene rings is 4. The van der Waals surface area contributed by atoms with Gasteiger partial charge in [-0.25, -0.2) is 4.68 Å². The summed E-state index contributed by atoms with van der Waals surface area (Å²) in [6.45, 7) is 0. The Morgan fingerprint density at radius 3 is 1.66 bits per heavy atom. The van der Waals surface area contributed by atoms with Gasteiger partial charge in [-0.15, -0.1) is 0 Å². The highest BCUT2D eigenvalue weighted by Crippen LogP contribution is 2.30. The molecule has 0 atom stereocenters. The average molecular weight is 455 g/mol. The van der Waals surface area contributed by atoms with E-state index in [9.17, 15) is 9.59 Å². The monoisotopic (exact) mass is 454 g/mol. The first-order chi connectivity index (χ1) is 17.2. The van der Waals surface area contributed by atoms with Crippen LogP contribution in [0.1, 0.15) is 20.7 Å². The highest BCUT2D eigenvalue weighted by atomic mass is 16.1. The third kappa shape index (κ3) is 4.77. The van der Waals surface area contributed by atoms with Crippen LogP contribution in [0.5, 0.6) is 0 Å². The van der Waals surface area contributed by atoms with E-state index in [4.69, 9.17) is 5.10 Å². The molecule has 0 amide bonds. The Kier molecular flexibility index (Phi) is 6.27. The molecule has 4 nitrogen and oxygen atoms in total. The van der Waals surface area contributed by atoms with Crippen LogP contribution in [-0.2, 0) is 0 Å². The molecule has 168 valence electrons. The molecule has 0 fully saturated rings. The van der Waals surface area contributed by atoms with E-state index in [1.54, 1.807) is 53.2 Å².